The van der Waals surface area contributed by atoms with Crippen LogP contribution in [0.3, 0.4) is 0 Å². The summed E-state index contributed by atoms with van der Waals surface area (Å²) in [6, 6.07) is 0. The lowest BCUT2D eigenvalue weighted by Crippen LogP contribution is -2.22. The molecule has 0 atom stereocenters. The third-order valence-electron chi connectivity index (χ3n) is 2.17. The largest absolute Gasteiger partial charge is 0.481 e. The van der Waals surface area contributed by atoms with Gasteiger partial charge in [-0.3, -0.25) is 9.48 Å². The summed E-state index contributed by atoms with van der Waals surface area (Å²) in [5.41, 5.74) is 0.808. The molecule has 5 heteroatoms. The van der Waals surface area contributed by atoms with Crippen molar-refractivity contribution in [2.45, 2.75) is 45.8 Å². The summed E-state index contributed by atoms with van der Waals surface area (Å²) < 4.78 is 7.37. The van der Waals surface area contributed by atoms with Gasteiger partial charge in [-0.1, -0.05) is 0 Å². The lowest BCUT2D eigenvalue weighted by molar-refractivity contribution is -0.136. The highest BCUT2D eigenvalue weighted by molar-refractivity contribution is 5.67. The minimum absolute atomic E-state index is 0.140. The minimum Gasteiger partial charge on any atom is -0.481 e. The number of aromatic nitrogens is 2. The van der Waals surface area contributed by atoms with Crippen molar-refractivity contribution in [2.24, 2.45) is 0 Å². The normalized spacial score (nSPS) is 11.7. The van der Waals surface area contributed by atoms with Gasteiger partial charge in [0.1, 0.15) is 0 Å². The first-order chi connectivity index (χ1) is 7.87. The molecule has 0 saturated heterocycles. The van der Waals surface area contributed by atoms with Gasteiger partial charge in [-0.05, 0) is 32.8 Å². The molecule has 0 aromatic carbocycles. The van der Waals surface area contributed by atoms with Gasteiger partial charge in [0.2, 0.25) is 0 Å². The van der Waals surface area contributed by atoms with Crippen LogP contribution >= 0.6 is 0 Å². The maximum absolute atomic E-state index is 10.4. The molecule has 0 bridgehead atoms. The molecule has 1 aromatic rings. The average molecular weight is 240 g/mol. The number of carboxylic acids is 1. The fourth-order valence-corrected chi connectivity index (χ4v) is 1.35. The second-order valence-corrected chi connectivity index (χ2v) is 4.97. The molecule has 0 aliphatic carbocycles. The summed E-state index contributed by atoms with van der Waals surface area (Å²) in [6.45, 7) is 7.31. The van der Waals surface area contributed by atoms with Crippen molar-refractivity contribution in [1.82, 2.24) is 9.78 Å². The molecule has 96 valence electrons. The minimum atomic E-state index is -0.784. The van der Waals surface area contributed by atoms with E-state index in [1.165, 1.54) is 0 Å². The number of carbonyl (C=O) groups is 1. The third kappa shape index (κ3) is 6.06. The van der Waals surface area contributed by atoms with Gasteiger partial charge in [0.05, 0.1) is 24.9 Å². The maximum Gasteiger partial charge on any atom is 0.303 e. The highest BCUT2D eigenvalue weighted by atomic mass is 16.5. The van der Waals surface area contributed by atoms with Crippen molar-refractivity contribution >= 4 is 5.97 Å². The van der Waals surface area contributed by atoms with E-state index in [2.05, 4.69) is 5.10 Å². The Kier molecular flexibility index (Phi) is 4.69. The number of aliphatic carboxylic acids is 1. The van der Waals surface area contributed by atoms with Gasteiger partial charge in [0.25, 0.3) is 0 Å². The van der Waals surface area contributed by atoms with E-state index in [0.29, 0.717) is 19.6 Å². The van der Waals surface area contributed by atoms with E-state index < -0.39 is 5.97 Å². The molecule has 17 heavy (non-hydrogen) atoms. The molecule has 0 amide bonds. The van der Waals surface area contributed by atoms with E-state index in [-0.39, 0.29) is 12.0 Å². The van der Waals surface area contributed by atoms with Crippen LogP contribution in [0.1, 0.15) is 32.8 Å². The predicted octanol–water partition coefficient (Wildman–Crippen LogP) is 1.72. The third-order valence-corrected chi connectivity index (χ3v) is 2.17. The van der Waals surface area contributed by atoms with Gasteiger partial charge in [-0.25, -0.2) is 0 Å². The van der Waals surface area contributed by atoms with E-state index in [0.717, 1.165) is 5.56 Å². The van der Waals surface area contributed by atoms with E-state index in [1.807, 2.05) is 27.0 Å². The van der Waals surface area contributed by atoms with Gasteiger partial charge in [0, 0.05) is 12.6 Å². The van der Waals surface area contributed by atoms with Crippen LogP contribution in [-0.4, -0.2) is 33.1 Å². The second-order valence-electron chi connectivity index (χ2n) is 4.97. The summed E-state index contributed by atoms with van der Waals surface area (Å²) in [6.07, 6.45) is 4.24. The van der Waals surface area contributed by atoms with Crippen LogP contribution in [-0.2, 0) is 22.5 Å². The number of carboxylic acid groups (broad SMARTS) is 1. The molecule has 0 aliphatic rings. The number of hydrogen-bond acceptors (Lipinski definition) is 3. The lowest BCUT2D eigenvalue weighted by Gasteiger charge is -2.19. The van der Waals surface area contributed by atoms with Crippen LogP contribution in [0.5, 0.6) is 0 Å². The Balaban J connectivity index is 2.33. The smallest absolute Gasteiger partial charge is 0.303 e. The quantitative estimate of drug-likeness (QED) is 0.822. The van der Waals surface area contributed by atoms with Gasteiger partial charge in [0.15, 0.2) is 0 Å². The van der Waals surface area contributed by atoms with E-state index in [9.17, 15) is 4.79 Å². The first-order valence-electron chi connectivity index (χ1n) is 5.74. The molecule has 1 N–H and O–H groups in total. The fraction of sp³-hybridized carbons (Fsp3) is 0.667. The lowest BCUT2D eigenvalue weighted by atomic mass is 10.2. The van der Waals surface area contributed by atoms with Crippen LogP contribution in [0.15, 0.2) is 12.4 Å². The maximum atomic E-state index is 10.4. The molecule has 0 aliphatic heterocycles. The Hall–Kier alpha value is -1.36. The zero-order chi connectivity index (χ0) is 12.9. The van der Waals surface area contributed by atoms with Crippen molar-refractivity contribution in [3.05, 3.63) is 18.0 Å². The van der Waals surface area contributed by atoms with Gasteiger partial charge >= 0.3 is 5.97 Å². The monoisotopic (exact) mass is 240 g/mol. The molecular formula is C12H20N2O3. The summed E-state index contributed by atoms with van der Waals surface area (Å²) in [7, 11) is 0. The van der Waals surface area contributed by atoms with E-state index in [1.54, 1.807) is 10.9 Å². The summed E-state index contributed by atoms with van der Waals surface area (Å²) in [5, 5.41) is 12.7. The van der Waals surface area contributed by atoms with Gasteiger partial charge in [-0.2, -0.15) is 5.10 Å². The topological polar surface area (TPSA) is 64.3 Å². The van der Waals surface area contributed by atoms with Crippen molar-refractivity contribution in [3.8, 4) is 0 Å². The van der Waals surface area contributed by atoms with Crippen molar-refractivity contribution in [2.75, 3.05) is 6.61 Å². The number of rotatable bonds is 6. The highest BCUT2D eigenvalue weighted by Gasteiger charge is 2.09. The molecule has 0 radical (unpaired) electrons. The second kappa shape index (κ2) is 5.82. The number of hydrogen-bond donors (Lipinski definition) is 1. The molecule has 1 rings (SSSR count). The molecule has 1 aromatic heterocycles. The Morgan fingerprint density at radius 3 is 2.82 bits per heavy atom. The van der Waals surface area contributed by atoms with Crippen molar-refractivity contribution < 1.29 is 14.6 Å². The molecule has 0 saturated carbocycles. The number of ether oxygens (including phenoxy) is 1. The fourth-order valence-electron chi connectivity index (χ4n) is 1.35. The van der Waals surface area contributed by atoms with Crippen molar-refractivity contribution in [3.63, 3.8) is 0 Å². The van der Waals surface area contributed by atoms with Gasteiger partial charge < -0.3 is 9.84 Å². The molecule has 0 unspecified atom stereocenters. The highest BCUT2D eigenvalue weighted by Crippen LogP contribution is 2.07. The molecule has 5 nitrogen and oxygen atoms in total. The number of nitrogens with zero attached hydrogens (tertiary/aromatic N) is 2. The zero-order valence-corrected chi connectivity index (χ0v) is 10.6. The SMILES string of the molecule is CC(C)(C)OCCn1cc(CCC(=O)O)cn1. The summed E-state index contributed by atoms with van der Waals surface area (Å²) in [4.78, 5) is 10.4. The first-order valence-corrected chi connectivity index (χ1v) is 5.74. The van der Waals surface area contributed by atoms with E-state index >= 15 is 0 Å². The number of aryl methyl sites for hydroxylation is 1. The molecule has 1 heterocycles. The van der Waals surface area contributed by atoms with E-state index in [4.69, 9.17) is 9.84 Å². The Morgan fingerprint density at radius 1 is 1.53 bits per heavy atom. The summed E-state index contributed by atoms with van der Waals surface area (Å²) in [5.74, 6) is -0.784. The van der Waals surface area contributed by atoms with Crippen molar-refractivity contribution in [1.29, 1.82) is 0 Å². The van der Waals surface area contributed by atoms with Crippen LogP contribution in [0.25, 0.3) is 0 Å². The summed E-state index contributed by atoms with van der Waals surface area (Å²) >= 11 is 0. The predicted molar refractivity (Wildman–Crippen MR) is 63.9 cm³/mol. The van der Waals surface area contributed by atoms with Crippen LogP contribution in [0.4, 0.5) is 0 Å². The standard InChI is InChI=1S/C12H20N2O3/c1-12(2,3)17-7-6-14-9-10(8-13-14)4-5-11(15)16/h8-9H,4-7H2,1-3H3,(H,15,16). The molecular weight excluding hydrogens is 220 g/mol. The Morgan fingerprint density at radius 2 is 2.24 bits per heavy atom. The van der Waals surface area contributed by atoms with Crippen LogP contribution in [0, 0.1) is 0 Å². The molecule has 0 fully saturated rings. The first kappa shape index (κ1) is 13.7. The Bertz CT molecular complexity index is 366. The zero-order valence-electron chi connectivity index (χ0n) is 10.6. The van der Waals surface area contributed by atoms with Crippen LogP contribution < -0.4 is 0 Å². The Labute approximate surface area is 101 Å². The van der Waals surface area contributed by atoms with Gasteiger partial charge in [-0.15, -0.1) is 0 Å². The average Bonchev–Trinajstić information content (AvgIpc) is 2.61. The molecule has 0 spiro atoms. The van der Waals surface area contributed by atoms with Crippen LogP contribution in [0.2, 0.25) is 0 Å².